The minimum atomic E-state index is -3.11. The van der Waals surface area contributed by atoms with Gasteiger partial charge in [0.1, 0.15) is 0 Å². The summed E-state index contributed by atoms with van der Waals surface area (Å²) in [4.78, 5) is 2.38. The van der Waals surface area contributed by atoms with E-state index in [0.29, 0.717) is 12.5 Å². The second-order valence-electron chi connectivity index (χ2n) is 7.16. The molecule has 2 aliphatic rings. The van der Waals surface area contributed by atoms with Gasteiger partial charge in [0, 0.05) is 19.1 Å². The predicted molar refractivity (Wildman–Crippen MR) is 106 cm³/mol. The summed E-state index contributed by atoms with van der Waals surface area (Å²) in [5.41, 5.74) is 1.99. The molecule has 2 aliphatic heterocycles. The Kier molecular flexibility index (Phi) is 7.14. The molecule has 142 valence electrons. The van der Waals surface area contributed by atoms with Crippen LogP contribution in [0, 0.1) is 5.92 Å². The molecule has 2 heterocycles. The zero-order chi connectivity index (χ0) is 17.2. The number of nitrogens with zero attached hydrogens (tertiary/aromatic N) is 2. The van der Waals surface area contributed by atoms with Gasteiger partial charge in [-0.15, -0.1) is 12.4 Å². The number of benzene rings is 1. The SMILES string of the molecule is CC(c1cccc(N2CCCS2(=O)=O)c1)N(C)CC1CCCNC1.Cl. The first kappa shape index (κ1) is 20.5. The number of rotatable bonds is 5. The summed E-state index contributed by atoms with van der Waals surface area (Å²) in [5.74, 6) is 0.967. The van der Waals surface area contributed by atoms with E-state index in [2.05, 4.69) is 30.3 Å². The van der Waals surface area contributed by atoms with Crippen molar-refractivity contribution in [2.75, 3.05) is 43.3 Å². The normalized spacial score (nSPS) is 24.1. The van der Waals surface area contributed by atoms with Gasteiger partial charge in [0.25, 0.3) is 0 Å². The highest BCUT2D eigenvalue weighted by Crippen LogP contribution is 2.29. The summed E-state index contributed by atoms with van der Waals surface area (Å²) in [6.45, 7) is 6.11. The first-order valence-corrected chi connectivity index (χ1v) is 10.6. The van der Waals surface area contributed by atoms with Crippen LogP contribution in [0.2, 0.25) is 0 Å². The van der Waals surface area contributed by atoms with Crippen LogP contribution in [0.25, 0.3) is 0 Å². The standard InChI is InChI=1S/C18H29N3O2S.ClH/c1-15(20(2)14-16-6-4-9-19-13-16)17-7-3-8-18(12-17)21-10-5-11-24(21,22)23;/h3,7-8,12,15-16,19H,4-6,9-11,13-14H2,1-2H3;1H. The van der Waals surface area contributed by atoms with Gasteiger partial charge in [-0.2, -0.15) is 0 Å². The summed E-state index contributed by atoms with van der Waals surface area (Å²) in [6, 6.07) is 8.31. The lowest BCUT2D eigenvalue weighted by Gasteiger charge is -2.32. The molecule has 0 aromatic heterocycles. The summed E-state index contributed by atoms with van der Waals surface area (Å²) < 4.78 is 25.9. The second kappa shape index (κ2) is 8.71. The van der Waals surface area contributed by atoms with Gasteiger partial charge < -0.3 is 5.32 Å². The lowest BCUT2D eigenvalue weighted by atomic mass is 9.97. The summed E-state index contributed by atoms with van der Waals surface area (Å²) in [7, 11) is -0.949. The predicted octanol–water partition coefficient (Wildman–Crippen LogP) is 2.64. The molecule has 0 saturated carbocycles. The van der Waals surface area contributed by atoms with E-state index in [9.17, 15) is 8.42 Å². The number of hydrogen-bond donors (Lipinski definition) is 1. The Hall–Kier alpha value is -0.820. The van der Waals surface area contributed by atoms with Crippen molar-refractivity contribution in [1.82, 2.24) is 10.2 Å². The Bertz CT molecular complexity index is 662. The average molecular weight is 388 g/mol. The van der Waals surface area contributed by atoms with Crippen LogP contribution in [-0.2, 0) is 10.0 Å². The van der Waals surface area contributed by atoms with Crippen molar-refractivity contribution in [3.8, 4) is 0 Å². The first-order chi connectivity index (χ1) is 11.5. The third kappa shape index (κ3) is 4.88. The fourth-order valence-electron chi connectivity index (χ4n) is 3.77. The maximum Gasteiger partial charge on any atom is 0.235 e. The van der Waals surface area contributed by atoms with Crippen molar-refractivity contribution in [3.05, 3.63) is 29.8 Å². The second-order valence-corrected chi connectivity index (χ2v) is 9.18. The third-order valence-electron chi connectivity index (χ3n) is 5.35. The minimum absolute atomic E-state index is 0. The van der Waals surface area contributed by atoms with E-state index < -0.39 is 10.0 Å². The maximum atomic E-state index is 12.1. The molecule has 1 aromatic rings. The van der Waals surface area contributed by atoms with E-state index in [4.69, 9.17) is 0 Å². The number of nitrogens with one attached hydrogen (secondary N) is 1. The van der Waals surface area contributed by atoms with E-state index in [1.165, 1.54) is 18.4 Å². The molecule has 2 unspecified atom stereocenters. The van der Waals surface area contributed by atoms with Gasteiger partial charge in [-0.1, -0.05) is 12.1 Å². The van der Waals surface area contributed by atoms with Gasteiger partial charge in [0.05, 0.1) is 11.4 Å². The molecular weight excluding hydrogens is 358 g/mol. The van der Waals surface area contributed by atoms with E-state index in [1.54, 1.807) is 4.31 Å². The number of anilines is 1. The number of halogens is 1. The van der Waals surface area contributed by atoms with Crippen molar-refractivity contribution in [2.45, 2.75) is 32.2 Å². The van der Waals surface area contributed by atoms with E-state index in [-0.39, 0.29) is 24.2 Å². The number of hydrogen-bond acceptors (Lipinski definition) is 4. The molecule has 2 fully saturated rings. The van der Waals surface area contributed by atoms with E-state index in [1.807, 2.05) is 18.2 Å². The van der Waals surface area contributed by atoms with Crippen LogP contribution in [0.4, 0.5) is 5.69 Å². The third-order valence-corrected chi connectivity index (χ3v) is 7.22. The molecule has 0 amide bonds. The molecule has 0 bridgehead atoms. The topological polar surface area (TPSA) is 52.7 Å². The van der Waals surface area contributed by atoms with E-state index >= 15 is 0 Å². The maximum absolute atomic E-state index is 12.1. The smallest absolute Gasteiger partial charge is 0.235 e. The van der Waals surface area contributed by atoms with Crippen molar-refractivity contribution in [3.63, 3.8) is 0 Å². The molecule has 25 heavy (non-hydrogen) atoms. The minimum Gasteiger partial charge on any atom is -0.316 e. The van der Waals surface area contributed by atoms with Crippen molar-refractivity contribution in [2.24, 2.45) is 5.92 Å². The lowest BCUT2D eigenvalue weighted by molar-refractivity contribution is 0.199. The number of sulfonamides is 1. The first-order valence-electron chi connectivity index (χ1n) is 8.99. The highest BCUT2D eigenvalue weighted by atomic mass is 35.5. The van der Waals surface area contributed by atoms with Gasteiger partial charge in [-0.25, -0.2) is 8.42 Å². The fraction of sp³-hybridized carbons (Fsp3) is 0.667. The summed E-state index contributed by atoms with van der Waals surface area (Å²) in [6.07, 6.45) is 3.27. The molecule has 0 aliphatic carbocycles. The summed E-state index contributed by atoms with van der Waals surface area (Å²) >= 11 is 0. The van der Waals surface area contributed by atoms with E-state index in [0.717, 1.165) is 31.7 Å². The van der Waals surface area contributed by atoms with Gasteiger partial charge in [0.2, 0.25) is 10.0 Å². The van der Waals surface area contributed by atoms with Crippen LogP contribution in [0.15, 0.2) is 24.3 Å². The Labute approximate surface area is 158 Å². The van der Waals surface area contributed by atoms with Crippen LogP contribution < -0.4 is 9.62 Å². The van der Waals surface area contributed by atoms with Crippen LogP contribution in [0.3, 0.4) is 0 Å². The zero-order valence-electron chi connectivity index (χ0n) is 15.1. The van der Waals surface area contributed by atoms with Crippen LogP contribution in [0.1, 0.15) is 37.8 Å². The quantitative estimate of drug-likeness (QED) is 0.843. The Balaban J connectivity index is 0.00000225. The molecule has 0 spiro atoms. The molecule has 2 atom stereocenters. The molecule has 1 aromatic carbocycles. The van der Waals surface area contributed by atoms with Gasteiger partial charge in [-0.3, -0.25) is 9.21 Å². The summed E-state index contributed by atoms with van der Waals surface area (Å²) in [5, 5.41) is 3.47. The molecule has 3 rings (SSSR count). The van der Waals surface area contributed by atoms with Crippen LogP contribution >= 0.6 is 12.4 Å². The molecule has 5 nitrogen and oxygen atoms in total. The molecular formula is C18H30ClN3O2S. The Morgan fingerprint density at radius 2 is 2.16 bits per heavy atom. The van der Waals surface area contributed by atoms with Crippen molar-refractivity contribution >= 4 is 28.1 Å². The monoisotopic (exact) mass is 387 g/mol. The fourth-order valence-corrected chi connectivity index (χ4v) is 5.33. The van der Waals surface area contributed by atoms with Gasteiger partial charge in [-0.05, 0) is 69.9 Å². The number of piperidine rings is 1. The van der Waals surface area contributed by atoms with Crippen molar-refractivity contribution in [1.29, 1.82) is 0 Å². The van der Waals surface area contributed by atoms with Gasteiger partial charge >= 0.3 is 0 Å². The average Bonchev–Trinajstić information content (AvgIpc) is 2.94. The Morgan fingerprint density at radius 3 is 2.80 bits per heavy atom. The molecule has 2 saturated heterocycles. The van der Waals surface area contributed by atoms with Crippen LogP contribution in [-0.4, -0.2) is 52.3 Å². The van der Waals surface area contributed by atoms with Crippen molar-refractivity contribution < 1.29 is 8.42 Å². The highest BCUT2D eigenvalue weighted by molar-refractivity contribution is 7.93. The molecule has 0 radical (unpaired) electrons. The van der Waals surface area contributed by atoms with Gasteiger partial charge in [0.15, 0.2) is 0 Å². The zero-order valence-corrected chi connectivity index (χ0v) is 16.8. The Morgan fingerprint density at radius 1 is 1.36 bits per heavy atom. The van der Waals surface area contributed by atoms with Crippen LogP contribution in [0.5, 0.6) is 0 Å². The molecule has 1 N–H and O–H groups in total. The highest BCUT2D eigenvalue weighted by Gasteiger charge is 2.29. The molecule has 7 heteroatoms. The lowest BCUT2D eigenvalue weighted by Crippen LogP contribution is -2.37. The largest absolute Gasteiger partial charge is 0.316 e.